The van der Waals surface area contributed by atoms with Crippen LogP contribution in [0.2, 0.25) is 0 Å². The van der Waals surface area contributed by atoms with E-state index in [2.05, 4.69) is 0 Å². The summed E-state index contributed by atoms with van der Waals surface area (Å²) in [5.41, 5.74) is -1.80. The molecule has 0 heterocycles. The molecule has 1 N–H and O–H groups in total. The highest BCUT2D eigenvalue weighted by Crippen LogP contribution is 2.40. The summed E-state index contributed by atoms with van der Waals surface area (Å²) in [7, 11) is 0. The van der Waals surface area contributed by atoms with Crippen LogP contribution >= 0.6 is 0 Å². The van der Waals surface area contributed by atoms with Crippen molar-refractivity contribution in [2.24, 2.45) is 0 Å². The van der Waals surface area contributed by atoms with Crippen LogP contribution in [0.3, 0.4) is 0 Å². The van der Waals surface area contributed by atoms with E-state index >= 15 is 0 Å². The van der Waals surface area contributed by atoms with E-state index in [0.29, 0.717) is 12.8 Å². The van der Waals surface area contributed by atoms with Gasteiger partial charge in [0, 0.05) is 5.56 Å². The number of hydrogen-bond acceptors (Lipinski definition) is 2. The molecule has 2 rings (SSSR count). The van der Waals surface area contributed by atoms with Crippen molar-refractivity contribution in [1.82, 2.24) is 0 Å². The van der Waals surface area contributed by atoms with Crippen LogP contribution in [-0.2, 0) is 5.60 Å². The van der Waals surface area contributed by atoms with Crippen LogP contribution < -0.4 is 0 Å². The van der Waals surface area contributed by atoms with Gasteiger partial charge in [-0.2, -0.15) is 5.26 Å². The third kappa shape index (κ3) is 1.57. The van der Waals surface area contributed by atoms with E-state index in [9.17, 15) is 13.9 Å². The molecule has 0 bridgehead atoms. The summed E-state index contributed by atoms with van der Waals surface area (Å²) in [6.07, 6.45) is 2.55. The number of halogens is 2. The first-order valence-electron chi connectivity index (χ1n) is 5.19. The van der Waals surface area contributed by atoms with E-state index in [-0.39, 0.29) is 5.56 Å². The largest absolute Gasteiger partial charge is 0.385 e. The van der Waals surface area contributed by atoms with Gasteiger partial charge in [-0.1, -0.05) is 18.9 Å². The quantitative estimate of drug-likeness (QED) is 0.795. The molecule has 1 saturated carbocycles. The lowest BCUT2D eigenvalue weighted by Crippen LogP contribution is -2.23. The summed E-state index contributed by atoms with van der Waals surface area (Å²) in [5.74, 6) is -1.81. The Morgan fingerprint density at radius 3 is 2.44 bits per heavy atom. The first-order chi connectivity index (χ1) is 7.58. The molecule has 0 aromatic heterocycles. The molecule has 1 aromatic rings. The van der Waals surface area contributed by atoms with Gasteiger partial charge in [-0.3, -0.25) is 0 Å². The molecule has 16 heavy (non-hydrogen) atoms. The maximum atomic E-state index is 13.8. The van der Waals surface area contributed by atoms with Crippen LogP contribution in [0.5, 0.6) is 0 Å². The smallest absolute Gasteiger partial charge is 0.150 e. The Balaban J connectivity index is 2.55. The van der Waals surface area contributed by atoms with Gasteiger partial charge < -0.3 is 5.11 Å². The molecule has 1 fully saturated rings. The predicted octanol–water partition coefficient (Wildman–Crippen LogP) is 2.60. The second kappa shape index (κ2) is 3.84. The molecule has 0 aliphatic heterocycles. The summed E-state index contributed by atoms with van der Waals surface area (Å²) in [4.78, 5) is 0. The SMILES string of the molecule is N#Cc1c(F)ccc(C2(O)CCCC2)c1F. The minimum Gasteiger partial charge on any atom is -0.385 e. The number of nitriles is 1. The molecule has 0 radical (unpaired) electrons. The lowest BCUT2D eigenvalue weighted by Gasteiger charge is -2.23. The van der Waals surface area contributed by atoms with Crippen LogP contribution in [0.15, 0.2) is 12.1 Å². The second-order valence-corrected chi connectivity index (χ2v) is 4.13. The first-order valence-corrected chi connectivity index (χ1v) is 5.19. The van der Waals surface area contributed by atoms with Crippen LogP contribution in [0.4, 0.5) is 8.78 Å². The molecular weight excluding hydrogens is 212 g/mol. The summed E-state index contributed by atoms with van der Waals surface area (Å²) >= 11 is 0. The van der Waals surface area contributed by atoms with E-state index in [0.717, 1.165) is 18.9 Å². The molecule has 2 nitrogen and oxygen atoms in total. The van der Waals surface area contributed by atoms with Crippen molar-refractivity contribution in [1.29, 1.82) is 5.26 Å². The van der Waals surface area contributed by atoms with Crippen molar-refractivity contribution in [3.63, 3.8) is 0 Å². The van der Waals surface area contributed by atoms with Crippen LogP contribution in [0, 0.1) is 23.0 Å². The van der Waals surface area contributed by atoms with Crippen molar-refractivity contribution >= 4 is 0 Å². The third-order valence-corrected chi connectivity index (χ3v) is 3.13. The maximum Gasteiger partial charge on any atom is 0.150 e. The fraction of sp³-hybridized carbons (Fsp3) is 0.417. The fourth-order valence-electron chi connectivity index (χ4n) is 2.24. The van der Waals surface area contributed by atoms with E-state index in [4.69, 9.17) is 5.26 Å². The monoisotopic (exact) mass is 223 g/mol. The molecule has 1 aliphatic rings. The molecule has 0 saturated heterocycles. The Morgan fingerprint density at radius 2 is 1.88 bits per heavy atom. The highest BCUT2D eigenvalue weighted by Gasteiger charge is 2.36. The normalized spacial score (nSPS) is 18.4. The van der Waals surface area contributed by atoms with E-state index in [1.54, 1.807) is 0 Å². The highest BCUT2D eigenvalue weighted by atomic mass is 19.1. The van der Waals surface area contributed by atoms with E-state index in [1.165, 1.54) is 12.1 Å². The van der Waals surface area contributed by atoms with Gasteiger partial charge >= 0.3 is 0 Å². The highest BCUT2D eigenvalue weighted by molar-refractivity contribution is 5.39. The Hall–Kier alpha value is -1.47. The van der Waals surface area contributed by atoms with Crippen molar-refractivity contribution in [3.05, 3.63) is 34.9 Å². The Morgan fingerprint density at radius 1 is 1.25 bits per heavy atom. The standard InChI is InChI=1S/C12H11F2NO/c13-10-4-3-9(11(14)8(10)7-15)12(16)5-1-2-6-12/h3-4,16H,1-2,5-6H2. The van der Waals surface area contributed by atoms with Gasteiger partial charge in [0.15, 0.2) is 0 Å². The number of aliphatic hydroxyl groups is 1. The second-order valence-electron chi connectivity index (χ2n) is 4.13. The fourth-order valence-corrected chi connectivity index (χ4v) is 2.24. The van der Waals surface area contributed by atoms with Gasteiger partial charge in [0.1, 0.15) is 23.3 Å². The van der Waals surface area contributed by atoms with Crippen LogP contribution in [0.25, 0.3) is 0 Å². The molecule has 4 heteroatoms. The summed E-state index contributed by atoms with van der Waals surface area (Å²) in [6, 6.07) is 3.75. The zero-order valence-corrected chi connectivity index (χ0v) is 8.63. The number of benzene rings is 1. The topological polar surface area (TPSA) is 44.0 Å². The summed E-state index contributed by atoms with van der Waals surface area (Å²) in [5, 5.41) is 18.8. The Bertz CT molecular complexity index is 459. The van der Waals surface area contributed by atoms with E-state index in [1.807, 2.05) is 0 Å². The van der Waals surface area contributed by atoms with Gasteiger partial charge in [0.05, 0.1) is 5.60 Å². The van der Waals surface area contributed by atoms with Gasteiger partial charge in [-0.15, -0.1) is 0 Å². The molecule has 1 aromatic carbocycles. The van der Waals surface area contributed by atoms with Crippen molar-refractivity contribution in [2.45, 2.75) is 31.3 Å². The summed E-state index contributed by atoms with van der Waals surface area (Å²) in [6.45, 7) is 0. The van der Waals surface area contributed by atoms with Gasteiger partial charge in [0.2, 0.25) is 0 Å². The minimum atomic E-state index is -1.23. The predicted molar refractivity (Wildman–Crippen MR) is 53.4 cm³/mol. The molecule has 0 unspecified atom stereocenters. The zero-order chi connectivity index (χ0) is 11.8. The number of rotatable bonds is 1. The molecule has 0 spiro atoms. The third-order valence-electron chi connectivity index (χ3n) is 3.13. The van der Waals surface area contributed by atoms with Crippen molar-refractivity contribution in [2.75, 3.05) is 0 Å². The maximum absolute atomic E-state index is 13.8. The van der Waals surface area contributed by atoms with Crippen molar-refractivity contribution in [3.8, 4) is 6.07 Å². The lowest BCUT2D eigenvalue weighted by atomic mass is 9.90. The molecule has 84 valence electrons. The van der Waals surface area contributed by atoms with Gasteiger partial charge in [-0.05, 0) is 18.9 Å². The molecular formula is C12H11F2NO. The minimum absolute atomic E-state index is 0.0444. The first kappa shape index (κ1) is 11.0. The van der Waals surface area contributed by atoms with Crippen molar-refractivity contribution < 1.29 is 13.9 Å². The zero-order valence-electron chi connectivity index (χ0n) is 8.63. The lowest BCUT2D eigenvalue weighted by molar-refractivity contribution is 0.0406. The molecule has 1 aliphatic carbocycles. The Labute approximate surface area is 92.1 Å². The number of nitrogens with zero attached hydrogens (tertiary/aromatic N) is 1. The summed E-state index contributed by atoms with van der Waals surface area (Å²) < 4.78 is 26.9. The average molecular weight is 223 g/mol. The molecule has 0 amide bonds. The van der Waals surface area contributed by atoms with Gasteiger partial charge in [-0.25, -0.2) is 8.78 Å². The van der Waals surface area contributed by atoms with E-state index < -0.39 is 22.8 Å². The number of hydrogen-bond donors (Lipinski definition) is 1. The van der Waals surface area contributed by atoms with Gasteiger partial charge in [0.25, 0.3) is 0 Å². The van der Waals surface area contributed by atoms with Crippen LogP contribution in [-0.4, -0.2) is 5.11 Å². The van der Waals surface area contributed by atoms with Crippen LogP contribution in [0.1, 0.15) is 36.8 Å². The average Bonchev–Trinajstić information content (AvgIpc) is 2.66. The molecule has 0 atom stereocenters. The Kier molecular flexibility index (Phi) is 2.64.